The number of aliphatic hydroxyl groups is 2. The second kappa shape index (κ2) is 12.6. The molecule has 5 nitrogen and oxygen atoms in total. The number of thioether (sulfide) groups is 1. The molecule has 0 saturated heterocycles. The molecule has 1 aliphatic carbocycles. The minimum atomic E-state index is -1.09. The number of fused-ring (bicyclic) bond motifs is 1. The van der Waals surface area contributed by atoms with Crippen LogP contribution in [0, 0.1) is 5.41 Å². The summed E-state index contributed by atoms with van der Waals surface area (Å²) in [5, 5.41) is 33.3. The number of hydrogen-bond acceptors (Lipinski definition) is 5. The van der Waals surface area contributed by atoms with Crippen molar-refractivity contribution in [2.24, 2.45) is 5.41 Å². The fraction of sp³-hybridized carbons (Fsp3) is 0.314. The van der Waals surface area contributed by atoms with Crippen LogP contribution in [0.5, 0.6) is 0 Å². The van der Waals surface area contributed by atoms with Crippen LogP contribution in [0.15, 0.2) is 78.9 Å². The molecule has 7 heteroatoms. The van der Waals surface area contributed by atoms with E-state index in [2.05, 4.69) is 12.1 Å². The zero-order chi connectivity index (χ0) is 29.9. The zero-order valence-electron chi connectivity index (χ0n) is 23.8. The molecule has 1 saturated carbocycles. The Morgan fingerprint density at radius 1 is 1.05 bits per heavy atom. The first-order valence-electron chi connectivity index (χ1n) is 14.2. The number of pyridine rings is 1. The normalized spacial score (nSPS) is 16.0. The first-order valence-corrected chi connectivity index (χ1v) is 15.6. The van der Waals surface area contributed by atoms with E-state index < -0.39 is 17.7 Å². The molecule has 0 bridgehead atoms. The van der Waals surface area contributed by atoms with Crippen LogP contribution in [-0.2, 0) is 10.4 Å². The molecule has 5 rings (SSSR count). The van der Waals surface area contributed by atoms with Crippen LogP contribution in [0.2, 0.25) is 5.02 Å². The van der Waals surface area contributed by atoms with Crippen LogP contribution in [-0.4, -0.2) is 32.0 Å². The number of carbonyl (C=O) groups is 1. The van der Waals surface area contributed by atoms with Crippen LogP contribution in [0.3, 0.4) is 0 Å². The Morgan fingerprint density at radius 2 is 1.81 bits per heavy atom. The van der Waals surface area contributed by atoms with Crippen molar-refractivity contribution in [1.82, 2.24) is 4.98 Å². The van der Waals surface area contributed by atoms with Crippen molar-refractivity contribution in [3.63, 3.8) is 0 Å². The summed E-state index contributed by atoms with van der Waals surface area (Å²) >= 11 is 7.87. The molecule has 1 heterocycles. The lowest BCUT2D eigenvalue weighted by atomic mass is 9.88. The van der Waals surface area contributed by atoms with Gasteiger partial charge in [-0.25, -0.2) is 4.98 Å². The van der Waals surface area contributed by atoms with Gasteiger partial charge in [0, 0.05) is 21.4 Å². The molecule has 1 fully saturated rings. The number of aromatic nitrogens is 1. The van der Waals surface area contributed by atoms with Crippen molar-refractivity contribution in [3.05, 3.63) is 112 Å². The number of hydrogen-bond donors (Lipinski definition) is 3. The van der Waals surface area contributed by atoms with E-state index in [4.69, 9.17) is 16.6 Å². The molecule has 0 amide bonds. The second-order valence-electron chi connectivity index (χ2n) is 11.8. The maximum atomic E-state index is 11.5. The van der Waals surface area contributed by atoms with Crippen LogP contribution < -0.4 is 0 Å². The third-order valence-corrected chi connectivity index (χ3v) is 9.78. The van der Waals surface area contributed by atoms with Gasteiger partial charge in [0.1, 0.15) is 0 Å². The van der Waals surface area contributed by atoms with Gasteiger partial charge in [0.15, 0.2) is 0 Å². The van der Waals surface area contributed by atoms with Gasteiger partial charge in [-0.05, 0) is 85.1 Å². The third kappa shape index (κ3) is 7.61. The van der Waals surface area contributed by atoms with Crippen molar-refractivity contribution in [1.29, 1.82) is 0 Å². The van der Waals surface area contributed by atoms with E-state index in [0.717, 1.165) is 40.6 Å². The predicted octanol–water partition coefficient (Wildman–Crippen LogP) is 8.44. The SMILES string of the molecule is CC(C)(O)c1ccccc1[C@@H](O)C[C@@H](SCC1(CC(=O)O)CC1)c1cccc(C=Cc2ccc3ccc(Cl)cc3n2)c1. The number of rotatable bonds is 12. The van der Waals surface area contributed by atoms with Gasteiger partial charge in [-0.2, -0.15) is 11.8 Å². The lowest BCUT2D eigenvalue weighted by molar-refractivity contribution is -0.138. The van der Waals surface area contributed by atoms with Crippen molar-refractivity contribution >= 4 is 52.4 Å². The summed E-state index contributed by atoms with van der Waals surface area (Å²) in [6.45, 7) is 3.45. The molecule has 0 spiro atoms. The van der Waals surface area contributed by atoms with Gasteiger partial charge in [-0.15, -0.1) is 0 Å². The summed E-state index contributed by atoms with van der Waals surface area (Å²) < 4.78 is 0. The molecule has 4 aromatic rings. The number of carboxylic acids is 1. The number of aliphatic hydroxyl groups excluding tert-OH is 1. The van der Waals surface area contributed by atoms with E-state index in [0.29, 0.717) is 28.3 Å². The quantitative estimate of drug-likeness (QED) is 0.151. The third-order valence-electron chi connectivity index (χ3n) is 7.89. The molecular weight excluding hydrogens is 566 g/mol. The summed E-state index contributed by atoms with van der Waals surface area (Å²) in [5.41, 5.74) is 3.87. The summed E-state index contributed by atoms with van der Waals surface area (Å²) in [7, 11) is 0. The van der Waals surface area contributed by atoms with Gasteiger partial charge >= 0.3 is 5.97 Å². The number of halogens is 1. The lowest BCUT2D eigenvalue weighted by Gasteiger charge is -2.27. The molecule has 1 aliphatic rings. The summed E-state index contributed by atoms with van der Waals surface area (Å²) in [4.78, 5) is 16.2. The molecule has 0 aliphatic heterocycles. The maximum absolute atomic E-state index is 11.5. The average molecular weight is 602 g/mol. The Kier molecular flexibility index (Phi) is 9.09. The number of carboxylic acid groups (broad SMARTS) is 1. The fourth-order valence-corrected chi connectivity index (χ4v) is 7.13. The highest BCUT2D eigenvalue weighted by atomic mass is 35.5. The Balaban J connectivity index is 1.40. The van der Waals surface area contributed by atoms with Crippen molar-refractivity contribution in [3.8, 4) is 0 Å². The van der Waals surface area contributed by atoms with Crippen LogP contribution >= 0.6 is 23.4 Å². The van der Waals surface area contributed by atoms with Crippen LogP contribution in [0.1, 0.15) is 78.8 Å². The average Bonchev–Trinajstić information content (AvgIpc) is 3.72. The van der Waals surface area contributed by atoms with Gasteiger partial charge in [-0.1, -0.05) is 78.3 Å². The standard InChI is InChI=1S/C35H36ClNO4S/c1-34(2,41)29-9-4-3-8-28(29)31(38)20-32(42-22-35(16-17-35)21-33(39)40)25-7-5-6-23(18-25)10-14-27-15-12-24-11-13-26(36)19-30(24)37-27/h3-15,18-19,31-32,38,41H,16-17,20-22H2,1-2H3,(H,39,40)/t31-,32+/m0/s1. The van der Waals surface area contributed by atoms with E-state index in [1.807, 2.05) is 78.9 Å². The molecule has 0 unspecified atom stereocenters. The monoisotopic (exact) mass is 601 g/mol. The van der Waals surface area contributed by atoms with Crippen LogP contribution in [0.4, 0.5) is 0 Å². The van der Waals surface area contributed by atoms with Crippen LogP contribution in [0.25, 0.3) is 23.1 Å². The topological polar surface area (TPSA) is 90.7 Å². The molecule has 2 atom stereocenters. The second-order valence-corrected chi connectivity index (χ2v) is 13.5. The van der Waals surface area contributed by atoms with Crippen molar-refractivity contribution in [2.75, 3.05) is 5.75 Å². The Hall–Kier alpha value is -3.16. The number of nitrogens with zero attached hydrogens (tertiary/aromatic N) is 1. The highest BCUT2D eigenvalue weighted by Crippen LogP contribution is 2.54. The molecule has 0 radical (unpaired) electrons. The molecular formula is C35H36ClNO4S. The minimum Gasteiger partial charge on any atom is -0.481 e. The number of aliphatic carboxylic acids is 1. The molecule has 42 heavy (non-hydrogen) atoms. The largest absolute Gasteiger partial charge is 0.481 e. The van der Waals surface area contributed by atoms with E-state index in [1.165, 1.54) is 0 Å². The molecule has 3 N–H and O–H groups in total. The van der Waals surface area contributed by atoms with Gasteiger partial charge < -0.3 is 15.3 Å². The Bertz CT molecular complexity index is 1610. The predicted molar refractivity (Wildman–Crippen MR) is 173 cm³/mol. The number of benzene rings is 3. The van der Waals surface area contributed by atoms with Crippen molar-refractivity contribution in [2.45, 2.75) is 56.5 Å². The van der Waals surface area contributed by atoms with Gasteiger partial charge in [0.05, 0.1) is 29.3 Å². The molecule has 218 valence electrons. The first-order chi connectivity index (χ1) is 20.0. The first kappa shape index (κ1) is 30.3. The highest BCUT2D eigenvalue weighted by molar-refractivity contribution is 7.99. The Morgan fingerprint density at radius 3 is 2.55 bits per heavy atom. The maximum Gasteiger partial charge on any atom is 0.303 e. The lowest BCUT2D eigenvalue weighted by Crippen LogP contribution is -2.20. The van der Waals surface area contributed by atoms with Gasteiger partial charge in [0.2, 0.25) is 0 Å². The van der Waals surface area contributed by atoms with Gasteiger partial charge in [-0.3, -0.25) is 4.79 Å². The summed E-state index contributed by atoms with van der Waals surface area (Å²) in [5.74, 6) is -0.0477. The van der Waals surface area contributed by atoms with E-state index in [9.17, 15) is 20.1 Å². The smallest absolute Gasteiger partial charge is 0.303 e. The summed E-state index contributed by atoms with van der Waals surface area (Å²) in [6, 6.07) is 25.4. The van der Waals surface area contributed by atoms with E-state index in [-0.39, 0.29) is 17.1 Å². The minimum absolute atomic E-state index is 0.0737. The molecule has 1 aromatic heterocycles. The highest BCUT2D eigenvalue weighted by Gasteiger charge is 2.44. The van der Waals surface area contributed by atoms with Gasteiger partial charge in [0.25, 0.3) is 0 Å². The zero-order valence-corrected chi connectivity index (χ0v) is 25.4. The molecule has 3 aromatic carbocycles. The summed E-state index contributed by atoms with van der Waals surface area (Å²) in [6.07, 6.45) is 5.63. The van der Waals surface area contributed by atoms with E-state index in [1.54, 1.807) is 25.6 Å². The van der Waals surface area contributed by atoms with E-state index >= 15 is 0 Å². The fourth-order valence-electron chi connectivity index (χ4n) is 5.37. The Labute approximate surface area is 256 Å². The van der Waals surface area contributed by atoms with Crippen molar-refractivity contribution < 1.29 is 20.1 Å².